The minimum absolute atomic E-state index is 0.0832. The van der Waals surface area contributed by atoms with Gasteiger partial charge in [-0.05, 0) is 79.8 Å². The molecule has 1 nitrogen and oxygen atoms in total. The summed E-state index contributed by atoms with van der Waals surface area (Å²) in [5, 5.41) is 0. The van der Waals surface area contributed by atoms with Gasteiger partial charge in [0.25, 0.3) is 0 Å². The second-order valence-electron chi connectivity index (χ2n) is 7.82. The van der Waals surface area contributed by atoms with E-state index in [9.17, 15) is 4.79 Å². The smallest absolute Gasteiger partial charge is 0.193 e. The highest BCUT2D eigenvalue weighted by Gasteiger charge is 2.09. The molecule has 0 N–H and O–H groups in total. The molecule has 0 heterocycles. The fraction of sp³-hybridized carbons (Fsp3) is 0.207. The zero-order valence-corrected chi connectivity index (χ0v) is 19.8. The van der Waals surface area contributed by atoms with Crippen molar-refractivity contribution in [2.75, 3.05) is 11.5 Å². The van der Waals surface area contributed by atoms with Gasteiger partial charge in [-0.3, -0.25) is 4.79 Å². The van der Waals surface area contributed by atoms with Gasteiger partial charge in [0.05, 0.1) is 0 Å². The van der Waals surface area contributed by atoms with E-state index in [1.165, 1.54) is 33.8 Å². The number of thioether (sulfide) groups is 2. The monoisotopic (exact) mass is 456 g/mol. The summed E-state index contributed by atoms with van der Waals surface area (Å²) in [7, 11) is 0. The first-order valence-corrected chi connectivity index (χ1v) is 13.1. The van der Waals surface area contributed by atoms with E-state index in [2.05, 4.69) is 66.8 Å². The van der Waals surface area contributed by atoms with Gasteiger partial charge in [0.15, 0.2) is 5.78 Å². The van der Waals surface area contributed by atoms with Crippen molar-refractivity contribution in [2.45, 2.75) is 35.5 Å². The summed E-state index contributed by atoms with van der Waals surface area (Å²) in [5.74, 6) is 2.18. The number of rotatable bonds is 10. The lowest BCUT2D eigenvalue weighted by molar-refractivity contribution is 0.103. The maximum Gasteiger partial charge on any atom is 0.193 e. The highest BCUT2D eigenvalue weighted by molar-refractivity contribution is 7.99. The maximum atomic E-state index is 12.9. The highest BCUT2D eigenvalue weighted by atomic mass is 32.2. The molecule has 0 aromatic heterocycles. The van der Waals surface area contributed by atoms with Crippen molar-refractivity contribution in [3.8, 4) is 0 Å². The molecule has 0 radical (unpaired) electrons. The highest BCUT2D eigenvalue weighted by Crippen LogP contribution is 2.24. The molecule has 0 saturated heterocycles. The molecule has 32 heavy (non-hydrogen) atoms. The molecule has 0 aliphatic heterocycles. The van der Waals surface area contributed by atoms with E-state index < -0.39 is 0 Å². The normalized spacial score (nSPS) is 13.1. The second kappa shape index (κ2) is 11.9. The second-order valence-corrected chi connectivity index (χ2v) is 10.2. The minimum atomic E-state index is 0.0832. The Balaban J connectivity index is 1.26. The molecule has 0 saturated carbocycles. The molecule has 1 aliphatic carbocycles. The Kier molecular flexibility index (Phi) is 8.47. The van der Waals surface area contributed by atoms with Crippen LogP contribution < -0.4 is 0 Å². The lowest BCUT2D eigenvalue weighted by Gasteiger charge is -2.07. The molecule has 0 fully saturated rings. The molecule has 0 unspecified atom stereocenters. The van der Waals surface area contributed by atoms with E-state index in [1.54, 1.807) is 0 Å². The summed E-state index contributed by atoms with van der Waals surface area (Å²) in [5.41, 5.74) is 4.29. The molecule has 0 amide bonds. The zero-order valence-electron chi connectivity index (χ0n) is 18.2. The summed E-state index contributed by atoms with van der Waals surface area (Å²) in [6.45, 7) is 0. The first-order valence-electron chi connectivity index (χ1n) is 11.2. The fourth-order valence-corrected chi connectivity index (χ4v) is 5.45. The predicted molar refractivity (Wildman–Crippen MR) is 139 cm³/mol. The van der Waals surface area contributed by atoms with Crippen LogP contribution in [0.25, 0.3) is 0 Å². The van der Waals surface area contributed by atoms with Crippen LogP contribution in [0.2, 0.25) is 0 Å². The van der Waals surface area contributed by atoms with E-state index in [0.29, 0.717) is 0 Å². The van der Waals surface area contributed by atoms with Crippen LogP contribution in [0.15, 0.2) is 112 Å². The van der Waals surface area contributed by atoms with E-state index in [4.69, 9.17) is 0 Å². The molecule has 3 heteroatoms. The molecule has 0 atom stereocenters. The summed E-state index contributed by atoms with van der Waals surface area (Å²) >= 11 is 3.68. The number of ketones is 1. The van der Waals surface area contributed by atoms with Crippen molar-refractivity contribution in [2.24, 2.45) is 0 Å². The van der Waals surface area contributed by atoms with Gasteiger partial charge < -0.3 is 0 Å². The molecule has 4 rings (SSSR count). The van der Waals surface area contributed by atoms with Gasteiger partial charge in [0, 0.05) is 32.4 Å². The third-order valence-electron chi connectivity index (χ3n) is 5.47. The molecule has 3 aromatic carbocycles. The SMILES string of the molecule is O=C(c1ccc(SCCC2=CCCC=C2)cc1)c1ccc(SCCc2ccccc2)cc1. The molecule has 1 aliphatic rings. The van der Waals surface area contributed by atoms with E-state index in [0.717, 1.165) is 35.5 Å². The average molecular weight is 457 g/mol. The number of hydrogen-bond donors (Lipinski definition) is 0. The third kappa shape index (κ3) is 6.75. The lowest BCUT2D eigenvalue weighted by atomic mass is 10.0. The molecule has 0 bridgehead atoms. The Morgan fingerprint density at radius 3 is 1.84 bits per heavy atom. The maximum absolute atomic E-state index is 12.9. The Morgan fingerprint density at radius 1 is 0.688 bits per heavy atom. The Morgan fingerprint density at radius 2 is 1.28 bits per heavy atom. The van der Waals surface area contributed by atoms with Crippen LogP contribution in [-0.2, 0) is 6.42 Å². The first kappa shape index (κ1) is 22.7. The summed E-state index contributed by atoms with van der Waals surface area (Å²) in [4.78, 5) is 15.3. The number of benzene rings is 3. The van der Waals surface area contributed by atoms with Crippen molar-refractivity contribution < 1.29 is 4.79 Å². The molecule has 162 valence electrons. The largest absolute Gasteiger partial charge is 0.289 e. The van der Waals surface area contributed by atoms with Gasteiger partial charge in [0.1, 0.15) is 0 Å². The van der Waals surface area contributed by atoms with Gasteiger partial charge in [-0.1, -0.05) is 54.1 Å². The third-order valence-corrected chi connectivity index (χ3v) is 7.49. The lowest BCUT2D eigenvalue weighted by Crippen LogP contribution is -2.00. The van der Waals surface area contributed by atoms with E-state index >= 15 is 0 Å². The molecule has 3 aromatic rings. The standard InChI is InChI=1S/C29H28OS2/c30-29(25-11-15-27(16-12-25)31-21-19-23-7-3-1-4-8-23)26-13-17-28(18-14-26)32-22-20-24-9-5-2-6-10-24/h1,3-5,7-18H,2,6,19-22H2. The van der Waals surface area contributed by atoms with E-state index in [-0.39, 0.29) is 5.78 Å². The molecular weight excluding hydrogens is 428 g/mol. The van der Waals surface area contributed by atoms with Crippen molar-refractivity contribution in [1.29, 1.82) is 0 Å². The van der Waals surface area contributed by atoms with Crippen molar-refractivity contribution in [3.63, 3.8) is 0 Å². The van der Waals surface area contributed by atoms with Crippen LogP contribution in [0, 0.1) is 0 Å². The van der Waals surface area contributed by atoms with Gasteiger partial charge in [-0.2, -0.15) is 0 Å². The van der Waals surface area contributed by atoms with Crippen LogP contribution in [0.5, 0.6) is 0 Å². The number of aryl methyl sites for hydroxylation is 1. The predicted octanol–water partition coefficient (Wildman–Crippen LogP) is 8.01. The minimum Gasteiger partial charge on any atom is -0.289 e. The summed E-state index contributed by atoms with van der Waals surface area (Å²) in [6.07, 6.45) is 11.3. The van der Waals surface area contributed by atoms with Crippen LogP contribution in [0.3, 0.4) is 0 Å². The molecule has 0 spiro atoms. The van der Waals surface area contributed by atoms with Crippen LogP contribution >= 0.6 is 23.5 Å². The number of hydrogen-bond acceptors (Lipinski definition) is 3. The van der Waals surface area contributed by atoms with Gasteiger partial charge in [0.2, 0.25) is 0 Å². The molecular formula is C29H28OS2. The van der Waals surface area contributed by atoms with Crippen molar-refractivity contribution in [1.82, 2.24) is 0 Å². The van der Waals surface area contributed by atoms with E-state index in [1.807, 2.05) is 53.9 Å². The number of allylic oxidation sites excluding steroid dienone is 4. The van der Waals surface area contributed by atoms with Gasteiger partial charge in [-0.15, -0.1) is 23.5 Å². The van der Waals surface area contributed by atoms with Gasteiger partial charge >= 0.3 is 0 Å². The van der Waals surface area contributed by atoms with Crippen LogP contribution in [0.4, 0.5) is 0 Å². The first-order chi connectivity index (χ1) is 15.8. The Bertz CT molecular complexity index is 1060. The number of carbonyl (C=O) groups is 1. The topological polar surface area (TPSA) is 17.1 Å². The van der Waals surface area contributed by atoms with Crippen molar-refractivity contribution >= 4 is 29.3 Å². The van der Waals surface area contributed by atoms with Gasteiger partial charge in [-0.25, -0.2) is 0 Å². The fourth-order valence-electron chi connectivity index (χ4n) is 3.64. The Hall–Kier alpha value is -2.49. The summed E-state index contributed by atoms with van der Waals surface area (Å²) in [6, 6.07) is 26.6. The Labute approximate surface area is 200 Å². The summed E-state index contributed by atoms with van der Waals surface area (Å²) < 4.78 is 0. The van der Waals surface area contributed by atoms with Crippen LogP contribution in [0.1, 0.15) is 40.7 Å². The quantitative estimate of drug-likeness (QED) is 0.227. The zero-order chi connectivity index (χ0) is 22.0. The van der Waals surface area contributed by atoms with Crippen LogP contribution in [-0.4, -0.2) is 17.3 Å². The average Bonchev–Trinajstić information content (AvgIpc) is 2.86. The number of carbonyl (C=O) groups excluding carboxylic acids is 1. The van der Waals surface area contributed by atoms with Crippen molar-refractivity contribution in [3.05, 3.63) is 119 Å².